The second kappa shape index (κ2) is 6.17. The Hall–Kier alpha value is -2.25. The zero-order valence-electron chi connectivity index (χ0n) is 14.2. The van der Waals surface area contributed by atoms with E-state index in [-0.39, 0.29) is 5.56 Å². The van der Waals surface area contributed by atoms with Crippen molar-refractivity contribution in [3.8, 4) is 0 Å². The van der Waals surface area contributed by atoms with Crippen molar-refractivity contribution in [1.82, 2.24) is 19.9 Å². The number of rotatable bonds is 3. The summed E-state index contributed by atoms with van der Waals surface area (Å²) in [4.78, 5) is 31.6. The Balaban J connectivity index is 1.53. The minimum absolute atomic E-state index is 0.0911. The van der Waals surface area contributed by atoms with Gasteiger partial charge in [0.15, 0.2) is 0 Å². The molecular formula is C19H16N4OS2. The maximum Gasteiger partial charge on any atom is 0.258 e. The van der Waals surface area contributed by atoms with Crippen LogP contribution in [0, 0.1) is 6.92 Å². The van der Waals surface area contributed by atoms with Crippen LogP contribution in [0.1, 0.15) is 28.5 Å². The Morgan fingerprint density at radius 2 is 2.08 bits per heavy atom. The van der Waals surface area contributed by atoms with E-state index in [0.717, 1.165) is 34.0 Å². The number of aromatic amines is 1. The smallest absolute Gasteiger partial charge is 0.258 e. The van der Waals surface area contributed by atoms with Gasteiger partial charge < -0.3 is 4.98 Å². The van der Waals surface area contributed by atoms with E-state index in [9.17, 15) is 4.79 Å². The first-order valence-corrected chi connectivity index (χ1v) is 10.4. The van der Waals surface area contributed by atoms with Gasteiger partial charge in [-0.1, -0.05) is 23.9 Å². The molecule has 26 heavy (non-hydrogen) atoms. The quantitative estimate of drug-likeness (QED) is 0.429. The fourth-order valence-corrected chi connectivity index (χ4v) is 5.85. The summed E-state index contributed by atoms with van der Waals surface area (Å²) >= 11 is 3.43. The van der Waals surface area contributed by atoms with Crippen molar-refractivity contribution in [1.29, 1.82) is 0 Å². The lowest BCUT2D eigenvalue weighted by atomic mass is 10.2. The summed E-state index contributed by atoms with van der Waals surface area (Å²) in [6.07, 6.45) is 3.48. The highest BCUT2D eigenvalue weighted by molar-refractivity contribution is 7.98. The van der Waals surface area contributed by atoms with Crippen molar-refractivity contribution < 1.29 is 0 Å². The summed E-state index contributed by atoms with van der Waals surface area (Å²) in [7, 11) is 0. The van der Waals surface area contributed by atoms with Gasteiger partial charge in [-0.25, -0.2) is 15.0 Å². The molecule has 0 aliphatic heterocycles. The molecule has 0 unspecified atom stereocenters. The standard InChI is InChI=1S/C19H16N4OS2/c1-10-20-18(16-12-6-4-8-14(12)26-19(16)21-10)25-9-15-22-13-7-3-2-5-11(13)17(24)23-15/h2-3,5,7H,4,6,8-9H2,1H3,(H,22,23,24). The van der Waals surface area contributed by atoms with Crippen LogP contribution in [0.15, 0.2) is 34.1 Å². The first-order chi connectivity index (χ1) is 12.7. The number of aryl methyl sites for hydroxylation is 3. The van der Waals surface area contributed by atoms with Gasteiger partial charge >= 0.3 is 0 Å². The molecule has 0 saturated carbocycles. The monoisotopic (exact) mass is 380 g/mol. The van der Waals surface area contributed by atoms with Gasteiger partial charge in [0, 0.05) is 10.3 Å². The Morgan fingerprint density at radius 3 is 3.00 bits per heavy atom. The normalized spacial score (nSPS) is 13.6. The minimum atomic E-state index is -0.0911. The zero-order chi connectivity index (χ0) is 17.7. The molecule has 3 aromatic heterocycles. The highest BCUT2D eigenvalue weighted by Crippen LogP contribution is 2.40. The molecule has 5 nitrogen and oxygen atoms in total. The van der Waals surface area contributed by atoms with Gasteiger partial charge in [0.1, 0.15) is 21.5 Å². The summed E-state index contributed by atoms with van der Waals surface area (Å²) in [5.41, 5.74) is 2.06. The third-order valence-electron chi connectivity index (χ3n) is 4.65. The lowest BCUT2D eigenvalue weighted by molar-refractivity contribution is 0.914. The molecule has 0 saturated heterocycles. The Morgan fingerprint density at radius 1 is 1.19 bits per heavy atom. The molecular weight excluding hydrogens is 364 g/mol. The lowest BCUT2D eigenvalue weighted by Crippen LogP contribution is -2.11. The molecule has 0 spiro atoms. The number of hydrogen-bond acceptors (Lipinski definition) is 6. The zero-order valence-corrected chi connectivity index (χ0v) is 15.8. The van der Waals surface area contributed by atoms with E-state index in [2.05, 4.69) is 19.9 Å². The molecule has 4 aromatic rings. The predicted octanol–water partition coefficient (Wildman–Crippen LogP) is 4.02. The Labute approximate surface area is 157 Å². The van der Waals surface area contributed by atoms with Gasteiger partial charge in [-0.05, 0) is 43.9 Å². The summed E-state index contributed by atoms with van der Waals surface area (Å²) in [5, 5.41) is 2.83. The van der Waals surface area contributed by atoms with E-state index < -0.39 is 0 Å². The van der Waals surface area contributed by atoms with Crippen molar-refractivity contribution in [2.75, 3.05) is 0 Å². The van der Waals surface area contributed by atoms with Crippen molar-refractivity contribution in [2.45, 2.75) is 37.0 Å². The Bertz CT molecular complexity index is 1210. The second-order valence-corrected chi connectivity index (χ2v) is 8.48. The highest BCUT2D eigenvalue weighted by Gasteiger charge is 2.22. The van der Waals surface area contributed by atoms with Gasteiger partial charge in [-0.2, -0.15) is 0 Å². The van der Waals surface area contributed by atoms with Crippen LogP contribution in [0.2, 0.25) is 0 Å². The van der Waals surface area contributed by atoms with E-state index in [0.29, 0.717) is 17.0 Å². The number of nitrogens with zero attached hydrogens (tertiary/aromatic N) is 3. The van der Waals surface area contributed by atoms with Crippen LogP contribution in [0.5, 0.6) is 0 Å². The van der Waals surface area contributed by atoms with Crippen LogP contribution in [0.3, 0.4) is 0 Å². The molecule has 7 heteroatoms. The number of fused-ring (bicyclic) bond motifs is 4. The van der Waals surface area contributed by atoms with Gasteiger partial charge in [-0.15, -0.1) is 11.3 Å². The fraction of sp³-hybridized carbons (Fsp3) is 0.263. The average molecular weight is 380 g/mol. The van der Waals surface area contributed by atoms with Crippen LogP contribution < -0.4 is 5.56 Å². The number of para-hydroxylation sites is 1. The molecule has 1 aromatic carbocycles. The molecule has 3 heterocycles. The highest BCUT2D eigenvalue weighted by atomic mass is 32.2. The minimum Gasteiger partial charge on any atom is -0.309 e. The summed E-state index contributed by atoms with van der Waals surface area (Å²) in [5.74, 6) is 2.05. The summed E-state index contributed by atoms with van der Waals surface area (Å²) in [6, 6.07) is 7.42. The molecule has 0 bridgehead atoms. The third kappa shape index (κ3) is 2.62. The van der Waals surface area contributed by atoms with Gasteiger partial charge in [-0.3, -0.25) is 4.79 Å². The van der Waals surface area contributed by atoms with Gasteiger partial charge in [0.25, 0.3) is 5.56 Å². The fourth-order valence-electron chi connectivity index (χ4n) is 3.51. The van der Waals surface area contributed by atoms with Crippen molar-refractivity contribution in [2.24, 2.45) is 0 Å². The largest absolute Gasteiger partial charge is 0.309 e. The van der Waals surface area contributed by atoms with Crippen LogP contribution in [-0.2, 0) is 18.6 Å². The second-order valence-electron chi connectivity index (χ2n) is 6.43. The maximum absolute atomic E-state index is 12.3. The van der Waals surface area contributed by atoms with Crippen LogP contribution in [0.25, 0.3) is 21.1 Å². The molecule has 5 rings (SSSR count). The summed E-state index contributed by atoms with van der Waals surface area (Å²) in [6.45, 7) is 1.94. The van der Waals surface area contributed by atoms with Crippen LogP contribution in [0.4, 0.5) is 0 Å². The number of aromatic nitrogens is 4. The van der Waals surface area contributed by atoms with Crippen molar-refractivity contribution >= 4 is 44.2 Å². The Kier molecular flexibility index (Phi) is 3.79. The van der Waals surface area contributed by atoms with Crippen LogP contribution >= 0.6 is 23.1 Å². The number of hydrogen-bond donors (Lipinski definition) is 1. The number of nitrogens with one attached hydrogen (secondary N) is 1. The molecule has 0 radical (unpaired) electrons. The first kappa shape index (κ1) is 16.0. The molecule has 130 valence electrons. The molecule has 0 fully saturated rings. The molecule has 1 N–H and O–H groups in total. The SMILES string of the molecule is Cc1nc(SCc2nc3ccccc3c(=O)[nH]2)c2c3c(sc2n1)CCC3. The van der Waals surface area contributed by atoms with Crippen LogP contribution in [-0.4, -0.2) is 19.9 Å². The van der Waals surface area contributed by atoms with E-state index in [1.54, 1.807) is 29.2 Å². The average Bonchev–Trinajstić information content (AvgIpc) is 3.20. The lowest BCUT2D eigenvalue weighted by Gasteiger charge is -2.06. The first-order valence-electron chi connectivity index (χ1n) is 8.58. The number of benzene rings is 1. The van der Waals surface area contributed by atoms with E-state index >= 15 is 0 Å². The van der Waals surface area contributed by atoms with Crippen molar-refractivity contribution in [3.05, 3.63) is 56.7 Å². The molecule has 1 aliphatic carbocycles. The molecule has 1 aliphatic rings. The molecule has 0 atom stereocenters. The van der Waals surface area contributed by atoms with E-state index in [4.69, 9.17) is 0 Å². The predicted molar refractivity (Wildman–Crippen MR) is 106 cm³/mol. The van der Waals surface area contributed by atoms with E-state index in [1.165, 1.54) is 22.2 Å². The topological polar surface area (TPSA) is 71.5 Å². The van der Waals surface area contributed by atoms with Gasteiger partial charge in [0.2, 0.25) is 0 Å². The van der Waals surface area contributed by atoms with Crippen molar-refractivity contribution in [3.63, 3.8) is 0 Å². The third-order valence-corrected chi connectivity index (χ3v) is 6.82. The van der Waals surface area contributed by atoms with Gasteiger partial charge in [0.05, 0.1) is 16.7 Å². The summed E-state index contributed by atoms with van der Waals surface area (Å²) < 4.78 is 0. The molecule has 0 amide bonds. The number of H-pyrrole nitrogens is 1. The number of thiophene rings is 1. The van der Waals surface area contributed by atoms with E-state index in [1.807, 2.05) is 25.1 Å². The maximum atomic E-state index is 12.3. The number of thioether (sulfide) groups is 1.